The van der Waals surface area contributed by atoms with Gasteiger partial charge in [-0.1, -0.05) is 60.7 Å². The van der Waals surface area contributed by atoms with Gasteiger partial charge in [-0.3, -0.25) is 9.78 Å². The molecule has 10 heteroatoms. The van der Waals surface area contributed by atoms with Crippen molar-refractivity contribution in [1.82, 2.24) is 14.5 Å². The molecular formula is C23H24N5O5+. The number of aromatic amines is 1. The third kappa shape index (κ3) is 3.58. The van der Waals surface area contributed by atoms with Crippen molar-refractivity contribution < 1.29 is 24.6 Å². The molecule has 0 radical (unpaired) electrons. The van der Waals surface area contributed by atoms with Crippen LogP contribution in [0.5, 0.6) is 0 Å². The van der Waals surface area contributed by atoms with Crippen LogP contribution in [-0.4, -0.2) is 54.8 Å². The number of imidazole rings is 1. The van der Waals surface area contributed by atoms with Gasteiger partial charge in [0.15, 0.2) is 6.04 Å². The highest BCUT2D eigenvalue weighted by atomic mass is 16.6. The molecule has 0 spiro atoms. The highest BCUT2D eigenvalue weighted by Gasteiger charge is 2.48. The fraction of sp³-hybridized carbons (Fsp3) is 0.261. The van der Waals surface area contributed by atoms with E-state index in [1.165, 1.54) is 4.57 Å². The Morgan fingerprint density at radius 3 is 2.21 bits per heavy atom. The highest BCUT2D eigenvalue weighted by molar-refractivity contribution is 5.67. The third-order valence-electron chi connectivity index (χ3n) is 5.95. The first-order valence-corrected chi connectivity index (χ1v) is 10.5. The summed E-state index contributed by atoms with van der Waals surface area (Å²) in [6.45, 7) is -0.471. The number of nitrogens with one attached hydrogen (secondary N) is 1. The monoisotopic (exact) mass is 450 g/mol. The van der Waals surface area contributed by atoms with Gasteiger partial charge in [0.1, 0.15) is 18.3 Å². The van der Waals surface area contributed by atoms with E-state index in [-0.39, 0.29) is 17.1 Å². The summed E-state index contributed by atoms with van der Waals surface area (Å²) >= 11 is 0. The average Bonchev–Trinajstić information content (AvgIpc) is 3.33. The number of anilines is 1. The van der Waals surface area contributed by atoms with Crippen LogP contribution in [0.25, 0.3) is 11.2 Å². The van der Waals surface area contributed by atoms with Crippen LogP contribution in [0, 0.1) is 0 Å². The maximum absolute atomic E-state index is 13.1. The molecule has 33 heavy (non-hydrogen) atoms. The van der Waals surface area contributed by atoms with Crippen LogP contribution in [0.1, 0.15) is 23.4 Å². The summed E-state index contributed by atoms with van der Waals surface area (Å²) in [5.74, 6) is -0.0956. The first kappa shape index (κ1) is 21.3. The first-order chi connectivity index (χ1) is 16.0. The number of aliphatic hydroxyl groups excluding tert-OH is 3. The number of fused-ring (bicyclic) bond motifs is 1. The van der Waals surface area contributed by atoms with Crippen molar-refractivity contribution in [2.45, 2.75) is 30.6 Å². The van der Waals surface area contributed by atoms with Gasteiger partial charge in [0.2, 0.25) is 18.5 Å². The molecule has 10 nitrogen and oxygen atoms in total. The second kappa shape index (κ2) is 8.41. The molecule has 1 fully saturated rings. The number of aliphatic hydroxyl groups is 3. The van der Waals surface area contributed by atoms with Crippen LogP contribution in [-0.2, 0) is 4.74 Å². The summed E-state index contributed by atoms with van der Waals surface area (Å²) in [6, 6.07) is 18.9. The Morgan fingerprint density at radius 1 is 1.06 bits per heavy atom. The maximum Gasteiger partial charge on any atom is 0.304 e. The molecule has 0 amide bonds. The molecule has 3 heterocycles. The van der Waals surface area contributed by atoms with Gasteiger partial charge < -0.3 is 25.8 Å². The van der Waals surface area contributed by atoms with E-state index >= 15 is 0 Å². The minimum absolute atomic E-state index is 0.0956. The quantitative estimate of drug-likeness (QED) is 0.265. The Kier molecular flexibility index (Phi) is 5.43. The average molecular weight is 450 g/mol. The zero-order chi connectivity index (χ0) is 23.1. The molecule has 1 aliphatic heterocycles. The SMILES string of the molecule is Nc1nc2c(c(=O)[nH]1)[n+](C(c1ccccc1)c1ccccc1)cn2[C@@H]1O[C@H](CO)[C@@H](O)[C@H]1O. The molecular weight excluding hydrogens is 426 g/mol. The van der Waals surface area contributed by atoms with Crippen molar-refractivity contribution in [2.75, 3.05) is 12.3 Å². The summed E-state index contributed by atoms with van der Waals surface area (Å²) in [4.78, 5) is 19.9. The van der Waals surface area contributed by atoms with Crippen molar-refractivity contribution in [3.05, 3.63) is 88.5 Å². The van der Waals surface area contributed by atoms with Gasteiger partial charge in [0.25, 0.3) is 11.2 Å². The Bertz CT molecular complexity index is 1280. The lowest BCUT2D eigenvalue weighted by Crippen LogP contribution is -2.43. The number of ether oxygens (including phenoxy) is 1. The lowest BCUT2D eigenvalue weighted by atomic mass is 9.98. The fourth-order valence-corrected chi connectivity index (χ4v) is 4.41. The number of nitrogen functional groups attached to an aromatic ring is 1. The first-order valence-electron chi connectivity index (χ1n) is 10.5. The number of nitrogens with zero attached hydrogens (tertiary/aromatic N) is 3. The summed E-state index contributed by atoms with van der Waals surface area (Å²) in [7, 11) is 0. The molecule has 170 valence electrons. The number of nitrogens with two attached hydrogens (primary N) is 1. The van der Waals surface area contributed by atoms with Crippen LogP contribution in [0.15, 0.2) is 71.8 Å². The third-order valence-corrected chi connectivity index (χ3v) is 5.95. The number of benzene rings is 2. The predicted octanol–water partition coefficient (Wildman–Crippen LogP) is -0.157. The van der Waals surface area contributed by atoms with Gasteiger partial charge in [0.05, 0.1) is 6.61 Å². The minimum atomic E-state index is -1.35. The molecule has 0 bridgehead atoms. The van der Waals surface area contributed by atoms with Crippen LogP contribution >= 0.6 is 0 Å². The van der Waals surface area contributed by atoms with Crippen molar-refractivity contribution in [3.63, 3.8) is 0 Å². The molecule has 4 atom stereocenters. The summed E-state index contributed by atoms with van der Waals surface area (Å²) in [5, 5.41) is 30.4. The molecule has 5 rings (SSSR count). The van der Waals surface area contributed by atoms with Gasteiger partial charge in [-0.15, -0.1) is 0 Å². The fourth-order valence-electron chi connectivity index (χ4n) is 4.41. The van der Waals surface area contributed by atoms with E-state index in [1.807, 2.05) is 60.7 Å². The molecule has 4 aromatic rings. The van der Waals surface area contributed by atoms with Crippen LogP contribution in [0.3, 0.4) is 0 Å². The standard InChI is InChI=1S/C23H23N5O5/c24-23-25-20-17(21(32)26-23)27(12-28(20)22-19(31)18(30)15(11-29)33-22)16(13-7-3-1-4-8-13)14-9-5-2-6-10-14/h1-10,12,15-16,18-19,22,29-31H,11H2,(H2-,24,25,26,32)/p+1/t15-,18-,19-,22-/m1/s1. The zero-order valence-corrected chi connectivity index (χ0v) is 17.5. The number of aromatic nitrogens is 4. The summed E-state index contributed by atoms with van der Waals surface area (Å²) in [6.07, 6.45) is -3.09. The van der Waals surface area contributed by atoms with Gasteiger partial charge in [-0.2, -0.15) is 9.55 Å². The number of rotatable bonds is 5. The summed E-state index contributed by atoms with van der Waals surface area (Å²) < 4.78 is 8.95. The van der Waals surface area contributed by atoms with Gasteiger partial charge in [-0.25, -0.2) is 4.57 Å². The van der Waals surface area contributed by atoms with E-state index in [0.29, 0.717) is 0 Å². The Morgan fingerprint density at radius 2 is 1.67 bits per heavy atom. The second-order valence-corrected chi connectivity index (χ2v) is 8.01. The van der Waals surface area contributed by atoms with Crippen LogP contribution in [0.2, 0.25) is 0 Å². The van der Waals surface area contributed by atoms with E-state index in [9.17, 15) is 20.1 Å². The smallest absolute Gasteiger partial charge is 0.304 e. The second-order valence-electron chi connectivity index (χ2n) is 8.01. The van der Waals surface area contributed by atoms with Gasteiger partial charge in [0, 0.05) is 11.1 Å². The Labute approximate surface area is 188 Å². The largest absolute Gasteiger partial charge is 0.394 e. The van der Waals surface area contributed by atoms with Crippen molar-refractivity contribution >= 4 is 17.1 Å². The van der Waals surface area contributed by atoms with Crippen LogP contribution in [0.4, 0.5) is 5.95 Å². The van der Waals surface area contributed by atoms with Crippen molar-refractivity contribution in [1.29, 1.82) is 0 Å². The molecule has 1 saturated heterocycles. The minimum Gasteiger partial charge on any atom is -0.394 e. The molecule has 2 aromatic carbocycles. The van der Waals surface area contributed by atoms with E-state index < -0.39 is 42.7 Å². The lowest BCUT2D eigenvalue weighted by Gasteiger charge is -2.15. The topological polar surface area (TPSA) is 150 Å². The maximum atomic E-state index is 13.1. The molecule has 6 N–H and O–H groups in total. The Hall–Kier alpha value is -3.57. The number of H-pyrrole nitrogens is 1. The van der Waals surface area contributed by atoms with E-state index in [1.54, 1.807) is 10.9 Å². The van der Waals surface area contributed by atoms with Crippen LogP contribution < -0.4 is 15.9 Å². The predicted molar refractivity (Wildman–Crippen MR) is 118 cm³/mol. The van der Waals surface area contributed by atoms with E-state index in [4.69, 9.17) is 10.5 Å². The van der Waals surface area contributed by atoms with E-state index in [0.717, 1.165) is 11.1 Å². The normalized spacial score (nSPS) is 22.9. The molecule has 1 aliphatic rings. The number of hydrogen-bond donors (Lipinski definition) is 5. The summed E-state index contributed by atoms with van der Waals surface area (Å²) in [5.41, 5.74) is 7.62. The molecule has 2 aromatic heterocycles. The molecule has 0 saturated carbocycles. The number of hydrogen-bond acceptors (Lipinski definition) is 7. The van der Waals surface area contributed by atoms with Gasteiger partial charge >= 0.3 is 5.56 Å². The van der Waals surface area contributed by atoms with Gasteiger partial charge in [-0.05, 0) is 0 Å². The van der Waals surface area contributed by atoms with Crippen molar-refractivity contribution in [3.8, 4) is 0 Å². The van der Waals surface area contributed by atoms with Crippen molar-refractivity contribution in [2.24, 2.45) is 0 Å². The lowest BCUT2D eigenvalue weighted by molar-refractivity contribution is -0.681. The highest BCUT2D eigenvalue weighted by Crippen LogP contribution is 2.32. The molecule has 0 unspecified atom stereocenters. The Balaban J connectivity index is 1.77. The zero-order valence-electron chi connectivity index (χ0n) is 17.5. The molecule has 0 aliphatic carbocycles. The van der Waals surface area contributed by atoms with E-state index in [2.05, 4.69) is 9.97 Å².